The number of nitrogens with one attached hydrogen (secondary N) is 1. The number of rotatable bonds is 7. The minimum absolute atomic E-state index is 0.144. The number of carbonyl (C=O) groups excluding carboxylic acids is 1. The number of halogens is 1. The van der Waals surface area contributed by atoms with E-state index < -0.39 is 0 Å². The Bertz CT molecular complexity index is 1050. The Morgan fingerprint density at radius 3 is 2.69 bits per heavy atom. The van der Waals surface area contributed by atoms with Crippen molar-refractivity contribution in [2.45, 2.75) is 6.42 Å². The number of anilines is 1. The molecule has 6 nitrogen and oxygen atoms in total. The second kappa shape index (κ2) is 9.18. The van der Waals surface area contributed by atoms with Gasteiger partial charge in [0, 0.05) is 23.8 Å². The summed E-state index contributed by atoms with van der Waals surface area (Å²) < 4.78 is 12.5. The number of carbonyl (C=O) groups is 1. The van der Waals surface area contributed by atoms with Crippen LogP contribution in [0.4, 0.5) is 5.69 Å². The lowest BCUT2D eigenvalue weighted by atomic mass is 10.1. The third-order valence-corrected chi connectivity index (χ3v) is 4.38. The fourth-order valence-corrected chi connectivity index (χ4v) is 2.95. The molecule has 29 heavy (non-hydrogen) atoms. The third-order valence-electron chi connectivity index (χ3n) is 4.13. The summed E-state index contributed by atoms with van der Waals surface area (Å²) in [5.41, 5.74) is 2.87. The van der Waals surface area contributed by atoms with Crippen LogP contribution >= 0.6 is 11.6 Å². The molecular formula is C22H20ClN3O3. The molecule has 0 aliphatic heterocycles. The molecule has 1 amide bonds. The van der Waals surface area contributed by atoms with Gasteiger partial charge in [-0.3, -0.25) is 9.48 Å². The molecule has 0 radical (unpaired) electrons. The van der Waals surface area contributed by atoms with Gasteiger partial charge in [0.15, 0.2) is 11.5 Å². The Hall–Kier alpha value is -3.43. The van der Waals surface area contributed by atoms with E-state index in [9.17, 15) is 4.79 Å². The molecule has 0 atom stereocenters. The van der Waals surface area contributed by atoms with E-state index in [4.69, 9.17) is 27.5 Å². The van der Waals surface area contributed by atoms with Crippen molar-refractivity contribution in [2.24, 2.45) is 7.05 Å². The highest BCUT2D eigenvalue weighted by molar-refractivity contribution is 6.30. The van der Waals surface area contributed by atoms with Crippen molar-refractivity contribution in [3.63, 3.8) is 0 Å². The number of aromatic nitrogens is 2. The van der Waals surface area contributed by atoms with Crippen molar-refractivity contribution in [2.75, 3.05) is 19.0 Å². The van der Waals surface area contributed by atoms with Gasteiger partial charge in [-0.15, -0.1) is 6.42 Å². The number of benzene rings is 2. The number of hydrogen-bond donors (Lipinski definition) is 1. The van der Waals surface area contributed by atoms with Gasteiger partial charge in [-0.25, -0.2) is 0 Å². The molecule has 1 aromatic heterocycles. The van der Waals surface area contributed by atoms with Gasteiger partial charge in [0.25, 0.3) is 0 Å². The van der Waals surface area contributed by atoms with Crippen LogP contribution in [-0.2, 0) is 18.3 Å². The van der Waals surface area contributed by atoms with Crippen molar-refractivity contribution < 1.29 is 14.3 Å². The molecule has 0 bridgehead atoms. The Morgan fingerprint density at radius 2 is 2.00 bits per heavy atom. The quantitative estimate of drug-likeness (QED) is 0.600. The van der Waals surface area contributed by atoms with E-state index in [1.807, 2.05) is 18.2 Å². The standard InChI is InChI=1S/C22H20ClN3O3/c1-4-11-29-19-10-7-16(13-20(19)28-3)22-18(14-26(2)25-22)24-21(27)12-15-5-8-17(23)9-6-15/h1,5-10,13-14H,11-12H2,2-3H3,(H,24,27). The maximum absolute atomic E-state index is 12.5. The summed E-state index contributed by atoms with van der Waals surface area (Å²) >= 11 is 5.89. The van der Waals surface area contributed by atoms with Crippen molar-refractivity contribution in [3.8, 4) is 35.1 Å². The summed E-state index contributed by atoms with van der Waals surface area (Å²) in [5.74, 6) is 3.34. The molecule has 7 heteroatoms. The van der Waals surface area contributed by atoms with Crippen LogP contribution in [-0.4, -0.2) is 29.4 Å². The molecule has 0 aliphatic rings. The zero-order valence-electron chi connectivity index (χ0n) is 16.1. The predicted octanol–water partition coefficient (Wildman–Crippen LogP) is 3.94. The van der Waals surface area contributed by atoms with E-state index in [1.165, 1.54) is 0 Å². The molecular weight excluding hydrogens is 390 g/mol. The summed E-state index contributed by atoms with van der Waals surface area (Å²) in [4.78, 5) is 12.5. The highest BCUT2D eigenvalue weighted by Gasteiger charge is 2.16. The van der Waals surface area contributed by atoms with Gasteiger partial charge in [-0.1, -0.05) is 29.7 Å². The van der Waals surface area contributed by atoms with E-state index in [2.05, 4.69) is 16.3 Å². The summed E-state index contributed by atoms with van der Waals surface area (Å²) in [6.07, 6.45) is 7.23. The molecule has 3 rings (SSSR count). The molecule has 0 saturated carbocycles. The average molecular weight is 410 g/mol. The van der Waals surface area contributed by atoms with E-state index in [0.29, 0.717) is 27.9 Å². The topological polar surface area (TPSA) is 65.4 Å². The molecule has 2 aromatic carbocycles. The summed E-state index contributed by atoms with van der Waals surface area (Å²) in [7, 11) is 3.34. The van der Waals surface area contributed by atoms with E-state index in [0.717, 1.165) is 11.1 Å². The van der Waals surface area contributed by atoms with Crippen molar-refractivity contribution >= 4 is 23.2 Å². The van der Waals surface area contributed by atoms with Crippen molar-refractivity contribution in [1.29, 1.82) is 0 Å². The molecule has 1 N–H and O–H groups in total. The molecule has 0 aliphatic carbocycles. The molecule has 148 valence electrons. The number of ether oxygens (including phenoxy) is 2. The largest absolute Gasteiger partial charge is 0.493 e. The van der Waals surface area contributed by atoms with Gasteiger partial charge < -0.3 is 14.8 Å². The van der Waals surface area contributed by atoms with Crippen LogP contribution < -0.4 is 14.8 Å². The second-order valence-electron chi connectivity index (χ2n) is 6.27. The highest BCUT2D eigenvalue weighted by Crippen LogP contribution is 2.34. The maximum atomic E-state index is 12.5. The first-order valence-corrected chi connectivity index (χ1v) is 9.20. The molecule has 1 heterocycles. The lowest BCUT2D eigenvalue weighted by molar-refractivity contribution is -0.115. The van der Waals surface area contributed by atoms with Crippen LogP contribution in [0, 0.1) is 12.3 Å². The number of terminal acetylenes is 1. The lowest BCUT2D eigenvalue weighted by Crippen LogP contribution is -2.14. The zero-order valence-corrected chi connectivity index (χ0v) is 16.9. The van der Waals surface area contributed by atoms with E-state index in [-0.39, 0.29) is 18.9 Å². The molecule has 0 saturated heterocycles. The third kappa shape index (κ3) is 5.09. The van der Waals surface area contributed by atoms with Gasteiger partial charge in [-0.2, -0.15) is 5.10 Å². The van der Waals surface area contributed by atoms with Crippen LogP contribution in [0.3, 0.4) is 0 Å². The fraction of sp³-hybridized carbons (Fsp3) is 0.182. The van der Waals surface area contributed by atoms with Gasteiger partial charge in [0.2, 0.25) is 5.91 Å². The minimum atomic E-state index is -0.150. The second-order valence-corrected chi connectivity index (χ2v) is 6.71. The first kappa shape index (κ1) is 20.3. The lowest BCUT2D eigenvalue weighted by Gasteiger charge is -2.11. The Kier molecular flexibility index (Phi) is 6.43. The number of aryl methyl sites for hydroxylation is 1. The summed E-state index contributed by atoms with van der Waals surface area (Å²) in [6.45, 7) is 0.144. The molecule has 3 aromatic rings. The normalized spacial score (nSPS) is 10.3. The SMILES string of the molecule is C#CCOc1ccc(-c2nn(C)cc2NC(=O)Cc2ccc(Cl)cc2)cc1OC. The highest BCUT2D eigenvalue weighted by atomic mass is 35.5. The van der Waals surface area contributed by atoms with Crippen LogP contribution in [0.15, 0.2) is 48.7 Å². The Morgan fingerprint density at radius 1 is 1.24 bits per heavy atom. The first-order chi connectivity index (χ1) is 14.0. The van der Waals surface area contributed by atoms with Crippen molar-refractivity contribution in [3.05, 3.63) is 59.2 Å². The Labute approximate surface area is 174 Å². The molecule has 0 spiro atoms. The average Bonchev–Trinajstić information content (AvgIpc) is 3.07. The number of methoxy groups -OCH3 is 1. The van der Waals surface area contributed by atoms with Gasteiger partial charge in [0.05, 0.1) is 19.2 Å². The molecule has 0 unspecified atom stereocenters. The van der Waals surface area contributed by atoms with E-state index in [1.54, 1.807) is 49.3 Å². The van der Waals surface area contributed by atoms with Crippen LogP contribution in [0.25, 0.3) is 11.3 Å². The Balaban J connectivity index is 1.82. The predicted molar refractivity (Wildman–Crippen MR) is 113 cm³/mol. The van der Waals surface area contributed by atoms with Gasteiger partial charge in [-0.05, 0) is 35.9 Å². The van der Waals surface area contributed by atoms with Crippen LogP contribution in [0.2, 0.25) is 5.02 Å². The minimum Gasteiger partial charge on any atom is -0.493 e. The number of nitrogens with zero attached hydrogens (tertiary/aromatic N) is 2. The summed E-state index contributed by atoms with van der Waals surface area (Å²) in [5, 5.41) is 8.03. The zero-order chi connectivity index (χ0) is 20.8. The first-order valence-electron chi connectivity index (χ1n) is 8.82. The van der Waals surface area contributed by atoms with Crippen LogP contribution in [0.1, 0.15) is 5.56 Å². The maximum Gasteiger partial charge on any atom is 0.228 e. The summed E-state index contributed by atoms with van der Waals surface area (Å²) in [6, 6.07) is 12.6. The fourth-order valence-electron chi connectivity index (χ4n) is 2.83. The number of amides is 1. The van der Waals surface area contributed by atoms with Gasteiger partial charge in [0.1, 0.15) is 12.3 Å². The van der Waals surface area contributed by atoms with E-state index >= 15 is 0 Å². The van der Waals surface area contributed by atoms with Crippen molar-refractivity contribution in [1.82, 2.24) is 9.78 Å². The monoisotopic (exact) mass is 409 g/mol. The smallest absolute Gasteiger partial charge is 0.228 e. The van der Waals surface area contributed by atoms with Gasteiger partial charge >= 0.3 is 0 Å². The number of hydrogen-bond acceptors (Lipinski definition) is 4. The van der Waals surface area contributed by atoms with Crippen LogP contribution in [0.5, 0.6) is 11.5 Å². The molecule has 0 fully saturated rings.